The Balaban J connectivity index is 1.97. The molecule has 0 radical (unpaired) electrons. The van der Waals surface area contributed by atoms with Gasteiger partial charge in [0.2, 0.25) is 5.91 Å². The van der Waals surface area contributed by atoms with E-state index in [9.17, 15) is 4.79 Å². The van der Waals surface area contributed by atoms with Crippen LogP contribution in [0.15, 0.2) is 48.5 Å². The van der Waals surface area contributed by atoms with Crippen LogP contribution in [0.1, 0.15) is 50.2 Å². The first kappa shape index (κ1) is 16.1. The number of nitrogens with two attached hydrogens (primary N) is 1. The molecule has 0 aliphatic rings. The number of carbonyl (C=O) groups excluding carboxylic acids is 1. The highest BCUT2D eigenvalue weighted by molar-refractivity contribution is 5.94. The van der Waals surface area contributed by atoms with Gasteiger partial charge in [0.25, 0.3) is 0 Å². The summed E-state index contributed by atoms with van der Waals surface area (Å²) >= 11 is 0. The van der Waals surface area contributed by atoms with Crippen molar-refractivity contribution in [3.05, 3.63) is 59.7 Å². The summed E-state index contributed by atoms with van der Waals surface area (Å²) in [7, 11) is 0. The number of carbonyl (C=O) groups is 1. The Labute approximate surface area is 132 Å². The number of benzene rings is 2. The van der Waals surface area contributed by atoms with Gasteiger partial charge in [0.15, 0.2) is 0 Å². The quantitative estimate of drug-likeness (QED) is 0.797. The second-order valence-corrected chi connectivity index (χ2v) is 6.06. The van der Waals surface area contributed by atoms with Gasteiger partial charge < -0.3 is 11.1 Å². The van der Waals surface area contributed by atoms with Crippen molar-refractivity contribution >= 4 is 17.3 Å². The molecular formula is C19H24N2O. The van der Waals surface area contributed by atoms with E-state index in [2.05, 4.69) is 50.4 Å². The molecule has 1 amide bonds. The fourth-order valence-electron chi connectivity index (χ4n) is 2.42. The van der Waals surface area contributed by atoms with Gasteiger partial charge in [0.1, 0.15) is 0 Å². The first-order valence-corrected chi connectivity index (χ1v) is 7.71. The van der Waals surface area contributed by atoms with Crippen molar-refractivity contribution in [2.24, 2.45) is 0 Å². The molecule has 0 aliphatic heterocycles. The van der Waals surface area contributed by atoms with Gasteiger partial charge in [-0.15, -0.1) is 0 Å². The van der Waals surface area contributed by atoms with Crippen LogP contribution in [0.25, 0.3) is 0 Å². The molecule has 0 saturated carbocycles. The van der Waals surface area contributed by atoms with Gasteiger partial charge in [0.05, 0.1) is 11.4 Å². The molecule has 3 nitrogen and oxygen atoms in total. The van der Waals surface area contributed by atoms with Crippen molar-refractivity contribution < 1.29 is 4.79 Å². The van der Waals surface area contributed by atoms with Crippen LogP contribution in [0.4, 0.5) is 11.4 Å². The molecule has 3 heteroatoms. The highest BCUT2D eigenvalue weighted by Gasteiger charge is 2.12. The fraction of sp³-hybridized carbons (Fsp3) is 0.316. The van der Waals surface area contributed by atoms with Crippen molar-refractivity contribution in [2.45, 2.75) is 39.0 Å². The molecule has 0 saturated heterocycles. The van der Waals surface area contributed by atoms with E-state index in [1.807, 2.05) is 18.2 Å². The van der Waals surface area contributed by atoms with Crippen molar-refractivity contribution in [3.8, 4) is 0 Å². The standard InChI is InChI=1S/C19H24N2O/c1-13(2)15-8-10-16(11-9-15)14(3)12-19(22)21-18-7-5-4-6-17(18)20/h4-11,13-14H,12,20H2,1-3H3,(H,21,22). The van der Waals surface area contributed by atoms with Crippen LogP contribution in [-0.2, 0) is 4.79 Å². The second-order valence-electron chi connectivity index (χ2n) is 6.06. The lowest BCUT2D eigenvalue weighted by Gasteiger charge is -2.14. The number of rotatable bonds is 5. The van der Waals surface area contributed by atoms with E-state index in [4.69, 9.17) is 5.73 Å². The Kier molecular flexibility index (Phi) is 5.21. The SMILES string of the molecule is CC(C)c1ccc(C(C)CC(=O)Nc2ccccc2N)cc1. The van der Waals surface area contributed by atoms with E-state index < -0.39 is 0 Å². The minimum atomic E-state index is -0.0154. The third-order valence-electron chi connectivity index (χ3n) is 3.90. The Morgan fingerprint density at radius 2 is 1.59 bits per heavy atom. The van der Waals surface area contributed by atoms with Crippen LogP contribution >= 0.6 is 0 Å². The summed E-state index contributed by atoms with van der Waals surface area (Å²) in [5.74, 6) is 0.679. The maximum Gasteiger partial charge on any atom is 0.225 e. The monoisotopic (exact) mass is 296 g/mol. The summed E-state index contributed by atoms with van der Waals surface area (Å²) in [6.45, 7) is 6.42. The summed E-state index contributed by atoms with van der Waals surface area (Å²) in [4.78, 5) is 12.2. The van der Waals surface area contributed by atoms with E-state index in [-0.39, 0.29) is 11.8 Å². The maximum absolute atomic E-state index is 12.2. The third kappa shape index (κ3) is 4.10. The zero-order chi connectivity index (χ0) is 16.1. The highest BCUT2D eigenvalue weighted by Crippen LogP contribution is 2.23. The maximum atomic E-state index is 12.2. The molecule has 2 aromatic carbocycles. The number of hydrogen-bond donors (Lipinski definition) is 2. The van der Waals surface area contributed by atoms with Crippen LogP contribution in [0.2, 0.25) is 0 Å². The number of anilines is 2. The Bertz CT molecular complexity index is 632. The van der Waals surface area contributed by atoms with Crippen molar-refractivity contribution in [2.75, 3.05) is 11.1 Å². The van der Waals surface area contributed by atoms with Gasteiger partial charge in [-0.05, 0) is 35.1 Å². The number of nitrogen functional groups attached to an aromatic ring is 1. The Morgan fingerprint density at radius 1 is 1.00 bits per heavy atom. The molecule has 0 aliphatic carbocycles. The van der Waals surface area contributed by atoms with Crippen molar-refractivity contribution in [1.82, 2.24) is 0 Å². The van der Waals surface area contributed by atoms with Gasteiger partial charge >= 0.3 is 0 Å². The van der Waals surface area contributed by atoms with Crippen molar-refractivity contribution in [1.29, 1.82) is 0 Å². The molecule has 2 aromatic rings. The van der Waals surface area contributed by atoms with Gasteiger partial charge in [0, 0.05) is 6.42 Å². The zero-order valence-electron chi connectivity index (χ0n) is 13.5. The molecule has 2 rings (SSSR count). The molecule has 116 valence electrons. The summed E-state index contributed by atoms with van der Waals surface area (Å²) in [5, 5.41) is 2.88. The van der Waals surface area contributed by atoms with Gasteiger partial charge in [-0.1, -0.05) is 57.2 Å². The van der Waals surface area contributed by atoms with E-state index in [1.165, 1.54) is 11.1 Å². The predicted octanol–water partition coefficient (Wildman–Crippen LogP) is 4.52. The molecule has 22 heavy (non-hydrogen) atoms. The number of para-hydroxylation sites is 2. The Hall–Kier alpha value is -2.29. The topological polar surface area (TPSA) is 55.1 Å². The number of nitrogens with one attached hydrogen (secondary N) is 1. The van der Waals surface area contributed by atoms with Crippen LogP contribution in [0.3, 0.4) is 0 Å². The van der Waals surface area contributed by atoms with E-state index in [0.29, 0.717) is 23.7 Å². The second kappa shape index (κ2) is 7.12. The third-order valence-corrected chi connectivity index (χ3v) is 3.90. The normalized spacial score (nSPS) is 12.2. The van der Waals surface area contributed by atoms with Crippen LogP contribution in [0.5, 0.6) is 0 Å². The number of amides is 1. The molecule has 0 aromatic heterocycles. The summed E-state index contributed by atoms with van der Waals surface area (Å²) in [5.41, 5.74) is 9.60. The fourth-order valence-corrected chi connectivity index (χ4v) is 2.42. The average Bonchev–Trinajstić information content (AvgIpc) is 2.49. The van der Waals surface area contributed by atoms with Gasteiger partial charge in [-0.2, -0.15) is 0 Å². The van der Waals surface area contributed by atoms with E-state index in [0.717, 1.165) is 0 Å². The van der Waals surface area contributed by atoms with E-state index in [1.54, 1.807) is 6.07 Å². The summed E-state index contributed by atoms with van der Waals surface area (Å²) in [6.07, 6.45) is 0.440. The van der Waals surface area contributed by atoms with Crippen molar-refractivity contribution in [3.63, 3.8) is 0 Å². The molecule has 0 spiro atoms. The lowest BCUT2D eigenvalue weighted by Crippen LogP contribution is -2.15. The largest absolute Gasteiger partial charge is 0.397 e. The summed E-state index contributed by atoms with van der Waals surface area (Å²) < 4.78 is 0. The van der Waals surface area contributed by atoms with Gasteiger partial charge in [-0.3, -0.25) is 4.79 Å². The first-order chi connectivity index (χ1) is 10.5. The lowest BCUT2D eigenvalue weighted by atomic mass is 9.94. The Morgan fingerprint density at radius 3 is 2.18 bits per heavy atom. The van der Waals surface area contributed by atoms with E-state index >= 15 is 0 Å². The molecule has 0 heterocycles. The van der Waals surface area contributed by atoms with Gasteiger partial charge in [-0.25, -0.2) is 0 Å². The molecule has 1 atom stereocenters. The smallest absolute Gasteiger partial charge is 0.225 e. The van der Waals surface area contributed by atoms with Crippen LogP contribution in [-0.4, -0.2) is 5.91 Å². The summed E-state index contributed by atoms with van der Waals surface area (Å²) in [6, 6.07) is 15.8. The predicted molar refractivity (Wildman–Crippen MR) is 93.0 cm³/mol. The number of hydrogen-bond acceptors (Lipinski definition) is 2. The molecule has 3 N–H and O–H groups in total. The highest BCUT2D eigenvalue weighted by atomic mass is 16.1. The van der Waals surface area contributed by atoms with Crippen LogP contribution < -0.4 is 11.1 Å². The minimum absolute atomic E-state index is 0.0154. The zero-order valence-corrected chi connectivity index (χ0v) is 13.5. The molecule has 0 bridgehead atoms. The minimum Gasteiger partial charge on any atom is -0.397 e. The average molecular weight is 296 g/mol. The molecule has 0 fully saturated rings. The van der Waals surface area contributed by atoms with Crippen LogP contribution in [0, 0.1) is 0 Å². The first-order valence-electron chi connectivity index (χ1n) is 7.71. The molecular weight excluding hydrogens is 272 g/mol. The molecule has 1 unspecified atom stereocenters. The lowest BCUT2D eigenvalue weighted by molar-refractivity contribution is -0.116.